The Kier molecular flexibility index (Phi) is 3.13. The highest BCUT2D eigenvalue weighted by Crippen LogP contribution is 2.21. The lowest BCUT2D eigenvalue weighted by molar-refractivity contribution is 0.594. The Labute approximate surface area is 105 Å². The number of fused-ring (bicyclic) bond motifs is 1. The van der Waals surface area contributed by atoms with Gasteiger partial charge >= 0.3 is 0 Å². The molecule has 18 heavy (non-hydrogen) atoms. The van der Waals surface area contributed by atoms with Gasteiger partial charge in [-0.2, -0.15) is 0 Å². The van der Waals surface area contributed by atoms with Crippen LogP contribution in [0.25, 0.3) is 0 Å². The van der Waals surface area contributed by atoms with Gasteiger partial charge in [0.2, 0.25) is 10.0 Å². The Hall–Kier alpha value is -1.45. The molecule has 0 spiro atoms. The van der Waals surface area contributed by atoms with E-state index in [9.17, 15) is 16.8 Å². The first-order valence-corrected chi connectivity index (χ1v) is 8.17. The normalized spacial score (nSPS) is 19.5. The maximum absolute atomic E-state index is 11.7. The summed E-state index contributed by atoms with van der Waals surface area (Å²) in [6.45, 7) is -0.0922. The summed E-state index contributed by atoms with van der Waals surface area (Å²) in [7, 11) is -7.19. The van der Waals surface area contributed by atoms with Crippen LogP contribution in [0.15, 0.2) is 34.2 Å². The lowest BCUT2D eigenvalue weighted by Crippen LogP contribution is -2.24. The fourth-order valence-electron chi connectivity index (χ4n) is 1.54. The molecule has 1 heterocycles. The van der Waals surface area contributed by atoms with E-state index in [0.717, 1.165) is 0 Å². The van der Waals surface area contributed by atoms with Crippen LogP contribution in [0.4, 0.5) is 0 Å². The fourth-order valence-corrected chi connectivity index (χ4v) is 3.13. The average Bonchev–Trinajstić information content (AvgIpc) is 2.50. The summed E-state index contributed by atoms with van der Waals surface area (Å²) in [5, 5.41) is 4.83. The van der Waals surface area contributed by atoms with Gasteiger partial charge in [-0.25, -0.2) is 22.0 Å². The van der Waals surface area contributed by atoms with Crippen LogP contribution in [-0.4, -0.2) is 35.0 Å². The lowest BCUT2D eigenvalue weighted by atomic mass is 10.2. The molecule has 0 bridgehead atoms. The second-order valence-corrected chi connectivity index (χ2v) is 7.08. The zero-order valence-corrected chi connectivity index (χ0v) is 10.8. The predicted octanol–water partition coefficient (Wildman–Crippen LogP) is -0.986. The fraction of sp³-hybridized carbons (Fsp3) is 0.222. The monoisotopic (exact) mass is 289 g/mol. The topological polar surface area (TPSA) is 119 Å². The van der Waals surface area contributed by atoms with E-state index < -0.39 is 20.0 Å². The smallest absolute Gasteiger partial charge is 0.263 e. The molecule has 0 saturated heterocycles. The van der Waals surface area contributed by atoms with Crippen LogP contribution in [0.2, 0.25) is 0 Å². The minimum absolute atomic E-state index is 0.0922. The molecule has 1 aliphatic rings. The summed E-state index contributed by atoms with van der Waals surface area (Å²) in [5.41, 5.74) is 0.437. The van der Waals surface area contributed by atoms with Crippen molar-refractivity contribution in [3.8, 4) is 0 Å². The highest BCUT2D eigenvalue weighted by Gasteiger charge is 2.29. The van der Waals surface area contributed by atoms with E-state index in [4.69, 9.17) is 5.14 Å². The van der Waals surface area contributed by atoms with E-state index in [-0.39, 0.29) is 23.0 Å². The summed E-state index contributed by atoms with van der Waals surface area (Å²) in [6.07, 6.45) is 0. The van der Waals surface area contributed by atoms with Gasteiger partial charge in [0.1, 0.15) is 5.84 Å². The molecule has 9 heteroatoms. The van der Waals surface area contributed by atoms with Crippen LogP contribution in [0.1, 0.15) is 5.56 Å². The molecular formula is C9H11N3O4S2. The molecule has 0 aliphatic carbocycles. The van der Waals surface area contributed by atoms with Gasteiger partial charge in [0.05, 0.1) is 17.2 Å². The largest absolute Gasteiger partial charge is 0.266 e. The first kappa shape index (κ1) is 13.0. The number of hydrogen-bond acceptors (Lipinski definition) is 5. The molecule has 0 radical (unpaired) electrons. The van der Waals surface area contributed by atoms with Crippen LogP contribution in [0, 0.1) is 0 Å². The van der Waals surface area contributed by atoms with Crippen molar-refractivity contribution in [3.63, 3.8) is 0 Å². The third-order valence-corrected chi connectivity index (χ3v) is 4.46. The van der Waals surface area contributed by atoms with Gasteiger partial charge in [-0.05, 0) is 12.1 Å². The van der Waals surface area contributed by atoms with E-state index in [0.29, 0.717) is 5.56 Å². The van der Waals surface area contributed by atoms with Crippen molar-refractivity contribution in [3.05, 3.63) is 29.8 Å². The van der Waals surface area contributed by atoms with Crippen molar-refractivity contribution in [1.82, 2.24) is 4.72 Å². The van der Waals surface area contributed by atoms with Crippen LogP contribution in [0.3, 0.4) is 0 Å². The third kappa shape index (κ3) is 2.68. The molecule has 0 amide bonds. The number of hydrogen-bond donors (Lipinski definition) is 2. The van der Waals surface area contributed by atoms with Gasteiger partial charge < -0.3 is 0 Å². The number of sulfonamides is 2. The van der Waals surface area contributed by atoms with Crippen molar-refractivity contribution in [2.75, 3.05) is 12.3 Å². The first-order chi connectivity index (χ1) is 8.30. The second-order valence-electron chi connectivity index (χ2n) is 3.70. The van der Waals surface area contributed by atoms with Crippen LogP contribution >= 0.6 is 0 Å². The molecule has 2 rings (SSSR count). The van der Waals surface area contributed by atoms with Crippen molar-refractivity contribution >= 4 is 25.9 Å². The van der Waals surface area contributed by atoms with Gasteiger partial charge in [0.25, 0.3) is 10.0 Å². The van der Waals surface area contributed by atoms with Gasteiger partial charge in [-0.15, -0.1) is 0 Å². The average molecular weight is 289 g/mol. The van der Waals surface area contributed by atoms with Crippen molar-refractivity contribution in [2.45, 2.75) is 4.90 Å². The van der Waals surface area contributed by atoms with E-state index in [1.54, 1.807) is 18.2 Å². The van der Waals surface area contributed by atoms with E-state index >= 15 is 0 Å². The van der Waals surface area contributed by atoms with Crippen LogP contribution < -0.4 is 9.86 Å². The number of amidine groups is 1. The molecule has 0 saturated carbocycles. The zero-order valence-electron chi connectivity index (χ0n) is 9.20. The zero-order chi connectivity index (χ0) is 13.4. The van der Waals surface area contributed by atoms with Gasteiger partial charge in [0, 0.05) is 5.56 Å². The Balaban J connectivity index is 2.31. The number of nitrogens with two attached hydrogens (primary N) is 1. The molecule has 3 N–H and O–H groups in total. The van der Waals surface area contributed by atoms with E-state index in [1.807, 2.05) is 0 Å². The molecule has 0 aromatic heterocycles. The van der Waals surface area contributed by atoms with Gasteiger partial charge in [-0.1, -0.05) is 12.1 Å². The summed E-state index contributed by atoms with van der Waals surface area (Å²) < 4.78 is 47.1. The predicted molar refractivity (Wildman–Crippen MR) is 66.1 cm³/mol. The first-order valence-electron chi connectivity index (χ1n) is 4.97. The Morgan fingerprint density at radius 2 is 1.94 bits per heavy atom. The SMILES string of the molecule is NS(=O)(=O)CCN=C1NS(=O)(=O)c2ccccc21. The van der Waals surface area contributed by atoms with E-state index in [2.05, 4.69) is 9.71 Å². The third-order valence-electron chi connectivity index (χ3n) is 2.31. The summed E-state index contributed by atoms with van der Waals surface area (Å²) in [5.74, 6) is -0.185. The number of aliphatic imine (C=N–C) groups is 1. The molecule has 1 aromatic rings. The number of primary sulfonamides is 1. The van der Waals surface area contributed by atoms with Crippen molar-refractivity contribution in [1.29, 1.82) is 0 Å². The minimum Gasteiger partial charge on any atom is -0.266 e. The van der Waals surface area contributed by atoms with E-state index in [1.165, 1.54) is 6.07 Å². The number of rotatable bonds is 3. The Morgan fingerprint density at radius 1 is 1.28 bits per heavy atom. The molecule has 1 aliphatic heterocycles. The number of nitrogens with zero attached hydrogens (tertiary/aromatic N) is 1. The Bertz CT molecular complexity index is 707. The molecule has 98 valence electrons. The summed E-state index contributed by atoms with van der Waals surface area (Å²) >= 11 is 0. The lowest BCUT2D eigenvalue weighted by Gasteiger charge is -1.98. The summed E-state index contributed by atoms with van der Waals surface area (Å²) in [4.78, 5) is 4.05. The molecule has 7 nitrogen and oxygen atoms in total. The summed E-state index contributed by atoms with van der Waals surface area (Å²) in [6, 6.07) is 6.34. The molecule has 0 fully saturated rings. The Morgan fingerprint density at radius 3 is 2.61 bits per heavy atom. The maximum Gasteiger partial charge on any atom is 0.263 e. The highest BCUT2D eigenvalue weighted by molar-refractivity contribution is 7.90. The van der Waals surface area contributed by atoms with Crippen molar-refractivity contribution in [2.24, 2.45) is 10.1 Å². The highest BCUT2D eigenvalue weighted by atomic mass is 32.2. The molecule has 0 atom stereocenters. The van der Waals surface area contributed by atoms with Crippen LogP contribution in [0.5, 0.6) is 0 Å². The number of benzene rings is 1. The van der Waals surface area contributed by atoms with Gasteiger partial charge in [0.15, 0.2) is 0 Å². The quantitative estimate of drug-likeness (QED) is 0.742. The minimum atomic E-state index is -3.61. The maximum atomic E-state index is 11.7. The van der Waals surface area contributed by atoms with Crippen LogP contribution in [-0.2, 0) is 20.0 Å². The number of nitrogens with one attached hydrogen (secondary N) is 1. The standard InChI is InChI=1S/C9H11N3O4S2/c10-17(13,14)6-5-11-9-7-3-1-2-4-8(7)18(15,16)12-9/h1-4H,5-6H2,(H,11,12)(H2,10,13,14). The molecule has 1 aromatic carbocycles. The molecular weight excluding hydrogens is 278 g/mol. The molecule has 0 unspecified atom stereocenters. The second kappa shape index (κ2) is 4.34. The van der Waals surface area contributed by atoms with Crippen molar-refractivity contribution < 1.29 is 16.8 Å². The van der Waals surface area contributed by atoms with Gasteiger partial charge in [-0.3, -0.25) is 9.71 Å².